The monoisotopic (exact) mass is 387 g/mol. The van der Waals surface area contributed by atoms with E-state index in [9.17, 15) is 4.79 Å². The normalized spacial score (nSPS) is 14.4. The first-order chi connectivity index (χ1) is 14.1. The van der Waals surface area contributed by atoms with Crippen LogP contribution in [0, 0.1) is 6.92 Å². The van der Waals surface area contributed by atoms with Crippen LogP contribution in [0.4, 0.5) is 11.5 Å². The molecule has 0 bridgehead atoms. The summed E-state index contributed by atoms with van der Waals surface area (Å²) in [4.78, 5) is 24.6. The molecule has 0 spiro atoms. The lowest BCUT2D eigenvalue weighted by atomic mass is 10.0. The van der Waals surface area contributed by atoms with Crippen LogP contribution in [0.25, 0.3) is 11.1 Å². The van der Waals surface area contributed by atoms with Gasteiger partial charge in [0.05, 0.1) is 0 Å². The zero-order chi connectivity index (χ0) is 20.2. The van der Waals surface area contributed by atoms with Crippen LogP contribution in [-0.4, -0.2) is 41.9 Å². The van der Waals surface area contributed by atoms with Crippen LogP contribution in [0.3, 0.4) is 0 Å². The van der Waals surface area contributed by atoms with Crippen molar-refractivity contribution in [2.24, 2.45) is 0 Å². The zero-order valence-corrected chi connectivity index (χ0v) is 16.6. The van der Waals surface area contributed by atoms with Gasteiger partial charge in [0.15, 0.2) is 0 Å². The first-order valence-corrected chi connectivity index (χ1v) is 9.92. The average Bonchev–Trinajstić information content (AvgIpc) is 3.04. The summed E-state index contributed by atoms with van der Waals surface area (Å²) < 4.78 is 0. The highest BCUT2D eigenvalue weighted by Gasteiger charge is 2.18. The summed E-state index contributed by atoms with van der Waals surface area (Å²) in [7, 11) is 0. The summed E-state index contributed by atoms with van der Waals surface area (Å²) in [5.74, 6) is 0.738. The molecule has 4 rings (SSSR count). The van der Waals surface area contributed by atoms with Crippen molar-refractivity contribution in [2.45, 2.75) is 13.3 Å². The van der Waals surface area contributed by atoms with Crippen LogP contribution >= 0.6 is 0 Å². The van der Waals surface area contributed by atoms with Gasteiger partial charge in [-0.15, -0.1) is 0 Å². The summed E-state index contributed by atoms with van der Waals surface area (Å²) >= 11 is 0. The number of benzene rings is 1. The molecule has 1 fully saturated rings. The maximum absolute atomic E-state index is 13.3. The Morgan fingerprint density at radius 2 is 1.90 bits per heavy atom. The third-order valence-electron chi connectivity index (χ3n) is 5.21. The second kappa shape index (κ2) is 8.41. The molecule has 0 amide bonds. The lowest BCUT2D eigenvalue weighted by molar-refractivity contribution is 0.103. The first-order valence-electron chi connectivity index (χ1n) is 9.92. The summed E-state index contributed by atoms with van der Waals surface area (Å²) in [6.45, 7) is 5.61. The highest BCUT2D eigenvalue weighted by molar-refractivity contribution is 6.09. The van der Waals surface area contributed by atoms with E-state index in [1.54, 1.807) is 12.3 Å². The molecule has 3 N–H and O–H groups in total. The molecule has 1 saturated heterocycles. The van der Waals surface area contributed by atoms with Crippen molar-refractivity contribution in [1.82, 2.24) is 15.3 Å². The minimum Gasteiger partial charge on any atom is -0.399 e. The van der Waals surface area contributed by atoms with E-state index in [1.165, 1.54) is 0 Å². The van der Waals surface area contributed by atoms with E-state index in [-0.39, 0.29) is 5.78 Å². The lowest BCUT2D eigenvalue weighted by Gasteiger charge is -2.21. The van der Waals surface area contributed by atoms with Crippen molar-refractivity contribution in [3.8, 4) is 11.1 Å². The molecule has 29 heavy (non-hydrogen) atoms. The van der Waals surface area contributed by atoms with Crippen LogP contribution in [0.2, 0.25) is 0 Å². The SMILES string of the molecule is Cc1ncc(-c2ccc(N)cc2)cc1C(=O)c1cccc(N2CCCNCC2)n1. The smallest absolute Gasteiger partial charge is 0.213 e. The number of carbonyl (C=O) groups is 1. The van der Waals surface area contributed by atoms with Gasteiger partial charge >= 0.3 is 0 Å². The van der Waals surface area contributed by atoms with E-state index in [4.69, 9.17) is 5.73 Å². The maximum Gasteiger partial charge on any atom is 0.213 e. The van der Waals surface area contributed by atoms with Gasteiger partial charge in [-0.05, 0) is 55.8 Å². The van der Waals surface area contributed by atoms with Crippen LogP contribution in [0.15, 0.2) is 54.7 Å². The van der Waals surface area contributed by atoms with Gasteiger partial charge in [-0.2, -0.15) is 0 Å². The average molecular weight is 387 g/mol. The second-order valence-electron chi connectivity index (χ2n) is 7.28. The molecular weight excluding hydrogens is 362 g/mol. The number of ketones is 1. The Balaban J connectivity index is 1.65. The van der Waals surface area contributed by atoms with Crippen molar-refractivity contribution in [3.05, 3.63) is 71.7 Å². The lowest BCUT2D eigenvalue weighted by Crippen LogP contribution is -2.29. The fourth-order valence-corrected chi connectivity index (χ4v) is 3.54. The standard InChI is InChI=1S/C23H25N5O/c1-16-20(14-18(15-26-16)17-6-8-19(24)9-7-17)23(29)21-4-2-5-22(27-21)28-12-3-10-25-11-13-28/h2,4-9,14-15,25H,3,10-13,24H2,1H3. The topological polar surface area (TPSA) is 84.1 Å². The number of pyridine rings is 2. The summed E-state index contributed by atoms with van der Waals surface area (Å²) in [5.41, 5.74) is 10.1. The van der Waals surface area contributed by atoms with Crippen LogP contribution < -0.4 is 16.0 Å². The molecule has 0 atom stereocenters. The van der Waals surface area contributed by atoms with Crippen molar-refractivity contribution in [1.29, 1.82) is 0 Å². The number of carbonyl (C=O) groups excluding carboxylic acids is 1. The molecule has 0 saturated carbocycles. The Labute approximate surface area is 170 Å². The molecule has 1 aromatic carbocycles. The molecular formula is C23H25N5O. The molecule has 0 aliphatic carbocycles. The fraction of sp³-hybridized carbons (Fsp3) is 0.261. The predicted molar refractivity (Wildman–Crippen MR) is 116 cm³/mol. The van der Waals surface area contributed by atoms with Gasteiger partial charge in [0, 0.05) is 48.3 Å². The van der Waals surface area contributed by atoms with Crippen molar-refractivity contribution in [2.75, 3.05) is 36.8 Å². The van der Waals surface area contributed by atoms with Crippen LogP contribution in [0.1, 0.15) is 28.2 Å². The van der Waals surface area contributed by atoms with Gasteiger partial charge in [0.1, 0.15) is 11.5 Å². The van der Waals surface area contributed by atoms with Gasteiger partial charge in [0.25, 0.3) is 0 Å². The van der Waals surface area contributed by atoms with E-state index in [0.717, 1.165) is 49.5 Å². The number of rotatable bonds is 4. The highest BCUT2D eigenvalue weighted by Crippen LogP contribution is 2.24. The molecule has 1 aliphatic rings. The quantitative estimate of drug-likeness (QED) is 0.529. The molecule has 0 unspecified atom stereocenters. The Hall–Kier alpha value is -3.25. The maximum atomic E-state index is 13.3. The highest BCUT2D eigenvalue weighted by atomic mass is 16.1. The number of hydrogen-bond acceptors (Lipinski definition) is 6. The molecule has 3 aromatic rings. The fourth-order valence-electron chi connectivity index (χ4n) is 3.54. The number of nitrogens with zero attached hydrogens (tertiary/aromatic N) is 3. The van der Waals surface area contributed by atoms with E-state index >= 15 is 0 Å². The van der Waals surface area contributed by atoms with Crippen LogP contribution in [0.5, 0.6) is 0 Å². The number of nitrogen functional groups attached to an aromatic ring is 1. The minimum absolute atomic E-state index is 0.109. The molecule has 3 heterocycles. The number of hydrogen-bond donors (Lipinski definition) is 2. The second-order valence-corrected chi connectivity index (χ2v) is 7.28. The molecule has 6 heteroatoms. The number of anilines is 2. The molecule has 0 radical (unpaired) electrons. The summed E-state index contributed by atoms with van der Waals surface area (Å²) in [6.07, 6.45) is 2.85. The first kappa shape index (κ1) is 19.1. The number of aryl methyl sites for hydroxylation is 1. The van der Waals surface area contributed by atoms with E-state index < -0.39 is 0 Å². The molecule has 1 aliphatic heterocycles. The van der Waals surface area contributed by atoms with Crippen LogP contribution in [-0.2, 0) is 0 Å². The molecule has 148 valence electrons. The zero-order valence-electron chi connectivity index (χ0n) is 16.6. The largest absolute Gasteiger partial charge is 0.399 e. The third kappa shape index (κ3) is 4.27. The van der Waals surface area contributed by atoms with E-state index in [0.29, 0.717) is 22.6 Å². The van der Waals surface area contributed by atoms with Crippen molar-refractivity contribution < 1.29 is 4.79 Å². The van der Waals surface area contributed by atoms with Crippen molar-refractivity contribution >= 4 is 17.3 Å². The molecule has 6 nitrogen and oxygen atoms in total. The van der Waals surface area contributed by atoms with Gasteiger partial charge in [-0.3, -0.25) is 9.78 Å². The van der Waals surface area contributed by atoms with Gasteiger partial charge < -0.3 is 16.0 Å². The Morgan fingerprint density at radius 1 is 1.07 bits per heavy atom. The number of nitrogens with one attached hydrogen (secondary N) is 1. The third-order valence-corrected chi connectivity index (χ3v) is 5.21. The number of nitrogens with two attached hydrogens (primary N) is 1. The van der Waals surface area contributed by atoms with E-state index in [1.807, 2.05) is 49.4 Å². The Kier molecular flexibility index (Phi) is 5.53. The number of aromatic nitrogens is 2. The van der Waals surface area contributed by atoms with E-state index in [2.05, 4.69) is 20.2 Å². The van der Waals surface area contributed by atoms with Gasteiger partial charge in [0.2, 0.25) is 5.78 Å². The predicted octanol–water partition coefficient (Wildman–Crippen LogP) is 3.06. The minimum atomic E-state index is -0.109. The van der Waals surface area contributed by atoms with Gasteiger partial charge in [-0.1, -0.05) is 18.2 Å². The Bertz CT molecular complexity index is 1010. The van der Waals surface area contributed by atoms with Gasteiger partial charge in [-0.25, -0.2) is 4.98 Å². The summed E-state index contributed by atoms with van der Waals surface area (Å²) in [6, 6.07) is 15.1. The summed E-state index contributed by atoms with van der Waals surface area (Å²) in [5, 5.41) is 3.39. The Morgan fingerprint density at radius 3 is 2.72 bits per heavy atom. The van der Waals surface area contributed by atoms with Crippen molar-refractivity contribution in [3.63, 3.8) is 0 Å². The molecule has 2 aromatic heterocycles.